The van der Waals surface area contributed by atoms with Crippen LogP contribution in [0.3, 0.4) is 0 Å². The predicted molar refractivity (Wildman–Crippen MR) is 198 cm³/mol. The fraction of sp³-hybridized carbons (Fsp3) is 0.421. The van der Waals surface area contributed by atoms with Crippen LogP contribution in [0.2, 0.25) is 0 Å². The highest BCUT2D eigenvalue weighted by Crippen LogP contribution is 2.23. The molecule has 0 fully saturated rings. The van der Waals surface area contributed by atoms with Crippen LogP contribution in [0.4, 0.5) is 9.59 Å². The van der Waals surface area contributed by atoms with E-state index in [9.17, 15) is 24.8 Å². The molecule has 3 amide bonds. The zero-order chi connectivity index (χ0) is 36.6. The van der Waals surface area contributed by atoms with E-state index in [0.29, 0.717) is 25.7 Å². The maximum atomic E-state index is 13.9. The summed E-state index contributed by atoms with van der Waals surface area (Å²) in [6.45, 7) is 4.48. The molecular weight excluding hydrogens is 685 g/mol. The Morgan fingerprint density at radius 2 is 1.67 bits per heavy atom. The standard InChI is InChI=1S/C38H46N6O5S2/c1-26(2)36-41-31(24-50-36)22-44(3)37(47)43-34(19-32(45)20-39)35(46)18-29(16-27-10-6-4-7-11-27)14-15-30(17-28-12-8-5-9-13-28)42-38(48)49-23-33-21-40-25-51-33/h4-13,21,24-26,29-30,32,34,45H,14-19,22-23H2,1-3H3,(H,42,48)(H,43,47). The van der Waals surface area contributed by atoms with E-state index in [1.165, 1.54) is 27.6 Å². The molecule has 0 aliphatic rings. The topological polar surface area (TPSA) is 158 Å². The molecule has 0 saturated heterocycles. The zero-order valence-electron chi connectivity index (χ0n) is 29.2. The van der Waals surface area contributed by atoms with Crippen LogP contribution in [0.15, 0.2) is 77.8 Å². The highest BCUT2D eigenvalue weighted by molar-refractivity contribution is 7.09. The lowest BCUT2D eigenvalue weighted by molar-refractivity contribution is -0.122. The van der Waals surface area contributed by atoms with Crippen molar-refractivity contribution >= 4 is 40.6 Å². The highest BCUT2D eigenvalue weighted by Gasteiger charge is 2.28. The fourth-order valence-electron chi connectivity index (χ4n) is 5.65. The van der Waals surface area contributed by atoms with E-state index in [1.807, 2.05) is 66.0 Å². The molecule has 0 aliphatic heterocycles. The Labute approximate surface area is 307 Å². The van der Waals surface area contributed by atoms with Crippen LogP contribution >= 0.6 is 22.7 Å². The Morgan fingerprint density at radius 1 is 0.980 bits per heavy atom. The second kappa shape index (κ2) is 20.3. The number of carbonyl (C=O) groups is 3. The summed E-state index contributed by atoms with van der Waals surface area (Å²) in [6, 6.07) is 19.6. The number of urea groups is 1. The minimum Gasteiger partial charge on any atom is -0.444 e. The second-order valence-corrected chi connectivity index (χ2v) is 14.8. The molecule has 0 radical (unpaired) electrons. The number of nitrogens with zero attached hydrogens (tertiary/aromatic N) is 4. The number of thiazole rings is 2. The van der Waals surface area contributed by atoms with Crippen LogP contribution < -0.4 is 10.6 Å². The van der Waals surface area contributed by atoms with Crippen LogP contribution in [0.5, 0.6) is 0 Å². The van der Waals surface area contributed by atoms with Crippen LogP contribution in [-0.4, -0.2) is 63.1 Å². The second-order valence-electron chi connectivity index (χ2n) is 12.9. The molecule has 270 valence electrons. The summed E-state index contributed by atoms with van der Waals surface area (Å²) < 4.78 is 5.47. The Balaban J connectivity index is 1.46. The highest BCUT2D eigenvalue weighted by atomic mass is 32.1. The van der Waals surface area contributed by atoms with E-state index in [1.54, 1.807) is 24.8 Å². The Morgan fingerprint density at radius 3 is 2.27 bits per heavy atom. The third kappa shape index (κ3) is 13.5. The summed E-state index contributed by atoms with van der Waals surface area (Å²) in [4.78, 5) is 51.0. The van der Waals surface area contributed by atoms with E-state index in [2.05, 4.69) is 34.4 Å². The first-order valence-corrected chi connectivity index (χ1v) is 18.8. The van der Waals surface area contributed by atoms with Gasteiger partial charge in [0.15, 0.2) is 5.78 Å². The first-order valence-electron chi connectivity index (χ1n) is 17.0. The molecule has 13 heteroatoms. The largest absolute Gasteiger partial charge is 0.444 e. The van der Waals surface area contributed by atoms with Gasteiger partial charge in [-0.05, 0) is 42.7 Å². The minimum absolute atomic E-state index is 0.0966. The summed E-state index contributed by atoms with van der Waals surface area (Å²) in [7, 11) is 1.62. The van der Waals surface area contributed by atoms with Crippen molar-refractivity contribution in [1.82, 2.24) is 25.5 Å². The minimum atomic E-state index is -1.43. The monoisotopic (exact) mass is 730 g/mol. The number of hydrogen-bond donors (Lipinski definition) is 3. The molecular formula is C38H46N6O5S2. The number of amides is 3. The number of ketones is 1. The van der Waals surface area contributed by atoms with E-state index < -0.39 is 24.3 Å². The van der Waals surface area contributed by atoms with Gasteiger partial charge in [-0.15, -0.1) is 22.7 Å². The van der Waals surface area contributed by atoms with Gasteiger partial charge < -0.3 is 25.4 Å². The SMILES string of the molecule is CC(C)c1nc(CN(C)C(=O)NC(CC(O)C#N)C(=O)CC(CCC(Cc2ccccc2)NC(=O)OCc2cncs2)Cc2ccccc2)cs1. The number of aliphatic hydroxyl groups excluding tert-OH is 1. The summed E-state index contributed by atoms with van der Waals surface area (Å²) in [6.07, 6.45) is 1.86. The third-order valence-electron chi connectivity index (χ3n) is 8.36. The van der Waals surface area contributed by atoms with Gasteiger partial charge in [-0.25, -0.2) is 14.6 Å². The molecule has 4 aromatic rings. The lowest BCUT2D eigenvalue weighted by Gasteiger charge is -2.26. The maximum Gasteiger partial charge on any atom is 0.407 e. The molecule has 2 aromatic carbocycles. The predicted octanol–water partition coefficient (Wildman–Crippen LogP) is 6.64. The maximum absolute atomic E-state index is 13.9. The molecule has 0 spiro atoms. The van der Waals surface area contributed by atoms with E-state index in [0.717, 1.165) is 26.7 Å². The van der Waals surface area contributed by atoms with Gasteiger partial charge in [-0.1, -0.05) is 74.5 Å². The average Bonchev–Trinajstić information content (AvgIpc) is 3.83. The van der Waals surface area contributed by atoms with Crippen molar-refractivity contribution < 1.29 is 24.2 Å². The number of carbonyl (C=O) groups excluding carboxylic acids is 3. The van der Waals surface area contributed by atoms with E-state index in [4.69, 9.17) is 4.74 Å². The van der Waals surface area contributed by atoms with Crippen LogP contribution in [0.25, 0.3) is 0 Å². The number of alkyl carbamates (subject to hydrolysis) is 1. The zero-order valence-corrected chi connectivity index (χ0v) is 30.9. The summed E-state index contributed by atoms with van der Waals surface area (Å²) in [5.41, 5.74) is 4.53. The molecule has 4 atom stereocenters. The smallest absolute Gasteiger partial charge is 0.407 e. The number of benzene rings is 2. The van der Waals surface area contributed by atoms with E-state index >= 15 is 0 Å². The van der Waals surface area contributed by atoms with Crippen LogP contribution in [0.1, 0.15) is 72.2 Å². The number of hydrogen-bond acceptors (Lipinski definition) is 10. The molecule has 2 aromatic heterocycles. The van der Waals surface area contributed by atoms with Crippen molar-refractivity contribution in [3.63, 3.8) is 0 Å². The molecule has 4 rings (SSSR count). The number of nitrogens with one attached hydrogen (secondary N) is 2. The molecule has 11 nitrogen and oxygen atoms in total. The molecule has 2 heterocycles. The number of aromatic nitrogens is 2. The van der Waals surface area contributed by atoms with Gasteiger partial charge in [0, 0.05) is 43.4 Å². The molecule has 0 saturated carbocycles. The lowest BCUT2D eigenvalue weighted by atomic mass is 9.86. The third-order valence-corrected chi connectivity index (χ3v) is 10.3. The summed E-state index contributed by atoms with van der Waals surface area (Å²) in [5, 5.41) is 28.3. The van der Waals surface area contributed by atoms with E-state index in [-0.39, 0.29) is 49.7 Å². The molecule has 0 aliphatic carbocycles. The van der Waals surface area contributed by atoms with Gasteiger partial charge in [0.2, 0.25) is 0 Å². The molecule has 4 unspecified atom stereocenters. The number of ether oxygens (including phenoxy) is 1. The fourth-order valence-corrected chi connectivity index (χ4v) is 6.98. The summed E-state index contributed by atoms with van der Waals surface area (Å²) >= 11 is 2.94. The van der Waals surface area contributed by atoms with Crippen molar-refractivity contribution in [2.75, 3.05) is 7.05 Å². The first-order chi connectivity index (χ1) is 24.6. The van der Waals surface area contributed by atoms with Crippen molar-refractivity contribution in [3.8, 4) is 6.07 Å². The van der Waals surface area contributed by atoms with Gasteiger partial charge in [0.1, 0.15) is 12.7 Å². The van der Waals surface area contributed by atoms with Gasteiger partial charge in [-0.2, -0.15) is 5.26 Å². The Hall–Kier alpha value is -4.64. The number of rotatable bonds is 19. The molecule has 3 N–H and O–H groups in total. The van der Waals surface area contributed by atoms with Crippen molar-refractivity contribution in [2.24, 2.45) is 5.92 Å². The van der Waals surface area contributed by atoms with Gasteiger partial charge >= 0.3 is 12.1 Å². The quantitative estimate of drug-likeness (QED) is 0.0907. The van der Waals surface area contributed by atoms with Crippen molar-refractivity contribution in [1.29, 1.82) is 5.26 Å². The normalized spacial score (nSPS) is 13.4. The first kappa shape index (κ1) is 39.2. The van der Waals surface area contributed by atoms with Crippen molar-refractivity contribution in [2.45, 2.75) is 89.6 Å². The van der Waals surface area contributed by atoms with Gasteiger partial charge in [0.25, 0.3) is 0 Å². The van der Waals surface area contributed by atoms with Crippen LogP contribution in [-0.2, 0) is 35.5 Å². The Kier molecular flexibility index (Phi) is 15.6. The lowest BCUT2D eigenvalue weighted by Crippen LogP contribution is -2.48. The van der Waals surface area contributed by atoms with Crippen molar-refractivity contribution in [3.05, 3.63) is 104 Å². The number of Topliss-reactive ketones (excluding diaryl/α,β-unsaturated/α-hetero) is 1. The number of aliphatic hydroxyl groups is 1. The summed E-state index contributed by atoms with van der Waals surface area (Å²) in [5.74, 6) is -0.165. The molecule has 51 heavy (non-hydrogen) atoms. The Bertz CT molecular complexity index is 1690. The van der Waals surface area contributed by atoms with Gasteiger partial charge in [-0.3, -0.25) is 9.78 Å². The molecule has 0 bridgehead atoms. The number of nitriles is 1. The van der Waals surface area contributed by atoms with Crippen LogP contribution in [0, 0.1) is 17.2 Å². The van der Waals surface area contributed by atoms with Gasteiger partial charge in [0.05, 0.1) is 39.7 Å². The average molecular weight is 731 g/mol.